The largest absolute Gasteiger partial charge is 0.497 e. The molecule has 2 aromatic carbocycles. The number of benzene rings is 2. The highest BCUT2D eigenvalue weighted by atomic mass is 16.5. The van der Waals surface area contributed by atoms with Crippen LogP contribution >= 0.6 is 0 Å². The number of hydrogen-bond acceptors (Lipinski definition) is 5. The van der Waals surface area contributed by atoms with Crippen molar-refractivity contribution >= 4 is 28.3 Å². The van der Waals surface area contributed by atoms with Crippen molar-refractivity contribution in [3.8, 4) is 17.0 Å². The Morgan fingerprint density at radius 3 is 2.52 bits per heavy atom. The zero-order chi connectivity index (χ0) is 28.6. The van der Waals surface area contributed by atoms with Crippen molar-refractivity contribution in [3.05, 3.63) is 65.7 Å². The molecule has 0 bridgehead atoms. The summed E-state index contributed by atoms with van der Waals surface area (Å²) in [5, 5.41) is 4.23. The van der Waals surface area contributed by atoms with Gasteiger partial charge in [-0.25, -0.2) is 4.98 Å². The number of ketones is 1. The number of unbranched alkanes of at least 4 members (excludes halogenated alkanes) is 2. The van der Waals surface area contributed by atoms with Gasteiger partial charge in [-0.05, 0) is 61.2 Å². The summed E-state index contributed by atoms with van der Waals surface area (Å²) in [4.78, 5) is 38.7. The maximum Gasteiger partial charge on any atom is 0.225 e. The Bertz CT molecular complexity index is 1430. The molecule has 8 heteroatoms. The SMILES string of the molecule is CCC(=O)CCCCC[C@H](NC(=O)Cc1c(C)[nH]c2ccc(OC)cc12)c1ncc(-c2ccc(N(C)C)cc2)[nH]1. The number of aryl methyl sites for hydroxylation is 1. The molecule has 0 saturated heterocycles. The first kappa shape index (κ1) is 28.9. The van der Waals surface area contributed by atoms with Crippen LogP contribution in [0.4, 0.5) is 5.69 Å². The van der Waals surface area contributed by atoms with Gasteiger partial charge in [0.05, 0.1) is 31.5 Å². The number of aromatic nitrogens is 3. The fraction of sp³-hybridized carbons (Fsp3) is 0.406. The van der Waals surface area contributed by atoms with Gasteiger partial charge in [-0.15, -0.1) is 0 Å². The standard InChI is InChI=1S/C32H41N5O3/c1-6-24(38)10-8-7-9-11-29(32-33-20-30(36-32)22-12-14-23(15-13-22)37(3)4)35-31(39)19-26-21(2)34-28-17-16-25(40-5)18-27(26)28/h12-18,20,29,34H,6-11,19H2,1-5H3,(H,33,36)(H,35,39)/t29-/m0/s1. The summed E-state index contributed by atoms with van der Waals surface area (Å²) in [5.74, 6) is 1.73. The van der Waals surface area contributed by atoms with E-state index in [1.54, 1.807) is 7.11 Å². The topological polar surface area (TPSA) is 103 Å². The quantitative estimate of drug-likeness (QED) is 0.163. The van der Waals surface area contributed by atoms with Gasteiger partial charge in [0, 0.05) is 49.2 Å². The number of Topliss-reactive ketones (excluding diaryl/α,β-unsaturated/α-hetero) is 1. The second-order valence-corrected chi connectivity index (χ2v) is 10.6. The molecular formula is C32H41N5O3. The van der Waals surface area contributed by atoms with Crippen LogP contribution in [-0.2, 0) is 16.0 Å². The lowest BCUT2D eigenvalue weighted by Crippen LogP contribution is -2.30. The van der Waals surface area contributed by atoms with Gasteiger partial charge < -0.3 is 24.9 Å². The Hall–Kier alpha value is -4.07. The van der Waals surface area contributed by atoms with E-state index in [-0.39, 0.29) is 18.4 Å². The summed E-state index contributed by atoms with van der Waals surface area (Å²) in [6.45, 7) is 3.90. The third-order valence-electron chi connectivity index (χ3n) is 7.46. The zero-order valence-electron chi connectivity index (χ0n) is 24.3. The minimum Gasteiger partial charge on any atom is -0.497 e. The van der Waals surface area contributed by atoms with Crippen molar-refractivity contribution in [1.29, 1.82) is 0 Å². The molecule has 4 aromatic rings. The highest BCUT2D eigenvalue weighted by Crippen LogP contribution is 2.28. The molecule has 8 nitrogen and oxygen atoms in total. The molecule has 0 aliphatic rings. The summed E-state index contributed by atoms with van der Waals surface area (Å²) in [7, 11) is 5.68. The molecule has 2 aromatic heterocycles. The van der Waals surface area contributed by atoms with E-state index in [4.69, 9.17) is 4.74 Å². The van der Waals surface area contributed by atoms with Crippen molar-refractivity contribution < 1.29 is 14.3 Å². The first-order valence-electron chi connectivity index (χ1n) is 14.1. The van der Waals surface area contributed by atoms with Gasteiger partial charge in [-0.1, -0.05) is 31.9 Å². The number of rotatable bonds is 14. The third kappa shape index (κ3) is 7.11. The van der Waals surface area contributed by atoms with Gasteiger partial charge in [-0.2, -0.15) is 0 Å². The van der Waals surface area contributed by atoms with E-state index in [1.165, 1.54) is 0 Å². The number of aromatic amines is 2. The molecule has 0 fully saturated rings. The second-order valence-electron chi connectivity index (χ2n) is 10.6. The van der Waals surface area contributed by atoms with E-state index >= 15 is 0 Å². The number of nitrogens with zero attached hydrogens (tertiary/aromatic N) is 2. The van der Waals surface area contributed by atoms with Crippen molar-refractivity contribution in [3.63, 3.8) is 0 Å². The minimum atomic E-state index is -0.260. The molecule has 1 atom stereocenters. The second kappa shape index (κ2) is 13.3. The first-order valence-corrected chi connectivity index (χ1v) is 14.1. The molecular weight excluding hydrogens is 502 g/mol. The normalized spacial score (nSPS) is 11.9. The van der Waals surface area contributed by atoms with Crippen LogP contribution < -0.4 is 15.0 Å². The van der Waals surface area contributed by atoms with Crippen LogP contribution in [0.1, 0.15) is 68.6 Å². The number of fused-ring (bicyclic) bond motifs is 1. The highest BCUT2D eigenvalue weighted by Gasteiger charge is 2.20. The fourth-order valence-corrected chi connectivity index (χ4v) is 5.02. The van der Waals surface area contributed by atoms with Crippen LogP contribution in [0.15, 0.2) is 48.7 Å². The Balaban J connectivity index is 1.50. The van der Waals surface area contributed by atoms with Crippen molar-refractivity contribution in [1.82, 2.24) is 20.3 Å². The van der Waals surface area contributed by atoms with Crippen LogP contribution in [0.25, 0.3) is 22.2 Å². The number of nitrogens with one attached hydrogen (secondary N) is 3. The summed E-state index contributed by atoms with van der Waals surface area (Å²) in [6, 6.07) is 13.9. The summed E-state index contributed by atoms with van der Waals surface area (Å²) in [5.41, 5.74) is 5.99. The lowest BCUT2D eigenvalue weighted by molar-refractivity contribution is -0.121. The molecule has 0 radical (unpaired) electrons. The van der Waals surface area contributed by atoms with Crippen LogP contribution in [-0.4, -0.2) is 47.8 Å². The number of anilines is 1. The maximum atomic E-state index is 13.4. The predicted molar refractivity (Wildman–Crippen MR) is 161 cm³/mol. The smallest absolute Gasteiger partial charge is 0.225 e. The van der Waals surface area contributed by atoms with Gasteiger partial charge in [0.1, 0.15) is 17.4 Å². The van der Waals surface area contributed by atoms with E-state index in [1.807, 2.05) is 52.3 Å². The first-order chi connectivity index (χ1) is 19.3. The van der Waals surface area contributed by atoms with Crippen molar-refractivity contribution in [2.45, 2.75) is 64.8 Å². The fourth-order valence-electron chi connectivity index (χ4n) is 5.02. The van der Waals surface area contributed by atoms with E-state index < -0.39 is 0 Å². The molecule has 0 unspecified atom stereocenters. The van der Waals surface area contributed by atoms with Crippen LogP contribution in [0.3, 0.4) is 0 Å². The number of hydrogen-bond donors (Lipinski definition) is 3. The van der Waals surface area contributed by atoms with Gasteiger partial charge in [0.2, 0.25) is 5.91 Å². The number of ether oxygens (including phenoxy) is 1. The third-order valence-corrected chi connectivity index (χ3v) is 7.46. The molecule has 4 rings (SSSR count). The van der Waals surface area contributed by atoms with Gasteiger partial charge in [0.15, 0.2) is 0 Å². The van der Waals surface area contributed by atoms with Gasteiger partial charge in [0.25, 0.3) is 0 Å². The number of carbonyl (C=O) groups excluding carboxylic acids is 2. The minimum absolute atomic E-state index is 0.0636. The van der Waals surface area contributed by atoms with E-state index in [0.29, 0.717) is 18.6 Å². The molecule has 212 valence electrons. The summed E-state index contributed by atoms with van der Waals surface area (Å²) < 4.78 is 5.41. The summed E-state index contributed by atoms with van der Waals surface area (Å²) in [6.07, 6.45) is 6.70. The van der Waals surface area contributed by atoms with Gasteiger partial charge in [-0.3, -0.25) is 9.59 Å². The average Bonchev–Trinajstić information content (AvgIpc) is 3.56. The van der Waals surface area contributed by atoms with Crippen LogP contribution in [0.2, 0.25) is 0 Å². The molecule has 0 saturated carbocycles. The highest BCUT2D eigenvalue weighted by molar-refractivity contribution is 5.91. The Kier molecular flexibility index (Phi) is 9.64. The number of amides is 1. The zero-order valence-corrected chi connectivity index (χ0v) is 24.3. The molecule has 2 heterocycles. The maximum absolute atomic E-state index is 13.4. The van der Waals surface area contributed by atoms with E-state index in [2.05, 4.69) is 49.4 Å². The molecule has 0 aliphatic carbocycles. The Morgan fingerprint density at radius 1 is 1.05 bits per heavy atom. The van der Waals surface area contributed by atoms with Crippen molar-refractivity contribution in [2.24, 2.45) is 0 Å². The lowest BCUT2D eigenvalue weighted by atomic mass is 10.0. The molecule has 0 aliphatic heterocycles. The van der Waals surface area contributed by atoms with Gasteiger partial charge >= 0.3 is 0 Å². The van der Waals surface area contributed by atoms with Crippen LogP contribution in [0, 0.1) is 6.92 Å². The number of methoxy groups -OCH3 is 1. The number of imidazole rings is 1. The Labute approximate surface area is 236 Å². The molecule has 0 spiro atoms. The Morgan fingerprint density at radius 2 is 1.82 bits per heavy atom. The van der Waals surface area contributed by atoms with E-state index in [0.717, 1.165) is 76.4 Å². The monoisotopic (exact) mass is 543 g/mol. The average molecular weight is 544 g/mol. The number of H-pyrrole nitrogens is 2. The molecule has 3 N–H and O–H groups in total. The lowest BCUT2D eigenvalue weighted by Gasteiger charge is -2.17. The van der Waals surface area contributed by atoms with Crippen LogP contribution in [0.5, 0.6) is 5.75 Å². The molecule has 40 heavy (non-hydrogen) atoms. The van der Waals surface area contributed by atoms with E-state index in [9.17, 15) is 9.59 Å². The van der Waals surface area contributed by atoms with Crippen molar-refractivity contribution in [2.75, 3.05) is 26.1 Å². The predicted octanol–water partition coefficient (Wildman–Crippen LogP) is 6.27. The summed E-state index contributed by atoms with van der Waals surface area (Å²) >= 11 is 0. The number of carbonyl (C=O) groups is 2. The molecule has 1 amide bonds.